The lowest BCUT2D eigenvalue weighted by Gasteiger charge is -2.07. The summed E-state index contributed by atoms with van der Waals surface area (Å²) in [5, 5.41) is 0. The van der Waals surface area contributed by atoms with E-state index in [9.17, 15) is 4.79 Å². The number of Topliss-reactive ketones (excluding diaryl/α,β-unsaturated/α-hetero) is 1. The molecule has 0 saturated carbocycles. The summed E-state index contributed by atoms with van der Waals surface area (Å²) >= 11 is 6.37. The Hall–Kier alpha value is -0.550. The zero-order chi connectivity index (χ0) is 11.0. The van der Waals surface area contributed by atoms with Gasteiger partial charge in [-0.25, -0.2) is 0 Å². The van der Waals surface area contributed by atoms with E-state index in [-0.39, 0.29) is 16.3 Å². The standard InChI is InChI=1S/C10H8Br2O3/c1-5-2-7-8(15-4-14-7)3-6(5)9(13)10(11)12/h2-3,10H,4H2,1H3. The molecule has 0 bridgehead atoms. The van der Waals surface area contributed by atoms with E-state index in [0.29, 0.717) is 17.1 Å². The summed E-state index contributed by atoms with van der Waals surface area (Å²) < 4.78 is 10.1. The first-order valence-corrected chi connectivity index (χ1v) is 6.15. The lowest BCUT2D eigenvalue weighted by molar-refractivity contribution is 0.101. The molecule has 80 valence electrons. The van der Waals surface area contributed by atoms with Crippen molar-refractivity contribution < 1.29 is 14.3 Å². The molecule has 0 spiro atoms. The second-order valence-electron chi connectivity index (χ2n) is 3.19. The van der Waals surface area contributed by atoms with Crippen molar-refractivity contribution in [3.63, 3.8) is 0 Å². The molecule has 15 heavy (non-hydrogen) atoms. The minimum Gasteiger partial charge on any atom is -0.454 e. The molecule has 1 aliphatic rings. The second kappa shape index (κ2) is 4.14. The zero-order valence-corrected chi connectivity index (χ0v) is 11.1. The number of fused-ring (bicyclic) bond motifs is 1. The monoisotopic (exact) mass is 334 g/mol. The smallest absolute Gasteiger partial charge is 0.231 e. The number of aryl methyl sites for hydroxylation is 1. The Bertz CT molecular complexity index is 415. The minimum atomic E-state index is -0.371. The number of alkyl halides is 2. The lowest BCUT2D eigenvalue weighted by Crippen LogP contribution is -2.08. The third-order valence-corrected chi connectivity index (χ3v) is 3.01. The van der Waals surface area contributed by atoms with E-state index in [1.165, 1.54) is 0 Å². The van der Waals surface area contributed by atoms with Gasteiger partial charge in [0.05, 0.1) is 0 Å². The summed E-state index contributed by atoms with van der Waals surface area (Å²) in [4.78, 5) is 11.8. The van der Waals surface area contributed by atoms with Crippen LogP contribution in [0.4, 0.5) is 0 Å². The first kappa shape index (κ1) is 11.0. The molecule has 0 aliphatic carbocycles. The highest BCUT2D eigenvalue weighted by atomic mass is 79.9. The van der Waals surface area contributed by atoms with E-state index >= 15 is 0 Å². The van der Waals surface area contributed by atoms with E-state index in [1.54, 1.807) is 6.07 Å². The van der Waals surface area contributed by atoms with Gasteiger partial charge < -0.3 is 9.47 Å². The maximum absolute atomic E-state index is 11.8. The molecule has 0 N–H and O–H groups in total. The molecule has 0 saturated heterocycles. The van der Waals surface area contributed by atoms with Crippen LogP contribution in [-0.4, -0.2) is 16.3 Å². The average molecular weight is 336 g/mol. The van der Waals surface area contributed by atoms with Crippen LogP contribution < -0.4 is 9.47 Å². The summed E-state index contributed by atoms with van der Waals surface area (Å²) in [5.74, 6) is 1.31. The Morgan fingerprint density at radius 3 is 2.53 bits per heavy atom. The second-order valence-corrected chi connectivity index (χ2v) is 6.25. The SMILES string of the molecule is Cc1cc2c(cc1C(=O)C(Br)Br)OCO2. The molecular weight excluding hydrogens is 328 g/mol. The maximum atomic E-state index is 11.8. The largest absolute Gasteiger partial charge is 0.454 e. The zero-order valence-electron chi connectivity index (χ0n) is 7.92. The topological polar surface area (TPSA) is 35.5 Å². The van der Waals surface area contributed by atoms with Crippen LogP contribution in [0.3, 0.4) is 0 Å². The highest BCUT2D eigenvalue weighted by Crippen LogP contribution is 2.35. The Labute approximate surface area is 104 Å². The minimum absolute atomic E-state index is 0.0224. The van der Waals surface area contributed by atoms with E-state index in [2.05, 4.69) is 31.9 Å². The molecule has 1 heterocycles. The summed E-state index contributed by atoms with van der Waals surface area (Å²) in [7, 11) is 0. The molecule has 1 aromatic rings. The van der Waals surface area contributed by atoms with Crippen molar-refractivity contribution in [2.24, 2.45) is 0 Å². The molecule has 2 rings (SSSR count). The van der Waals surface area contributed by atoms with Crippen LogP contribution in [0, 0.1) is 6.92 Å². The number of ether oxygens (including phenoxy) is 2. The van der Waals surface area contributed by atoms with Crippen LogP contribution in [0.2, 0.25) is 0 Å². The third-order valence-electron chi connectivity index (χ3n) is 2.18. The van der Waals surface area contributed by atoms with Crippen LogP contribution in [0.15, 0.2) is 12.1 Å². The first-order chi connectivity index (χ1) is 7.09. The number of carbonyl (C=O) groups is 1. The molecule has 3 nitrogen and oxygen atoms in total. The lowest BCUT2D eigenvalue weighted by atomic mass is 10.0. The molecule has 0 amide bonds. The third kappa shape index (κ3) is 2.03. The van der Waals surface area contributed by atoms with Crippen molar-refractivity contribution >= 4 is 37.6 Å². The van der Waals surface area contributed by atoms with Crippen LogP contribution >= 0.6 is 31.9 Å². The van der Waals surface area contributed by atoms with E-state index in [0.717, 1.165) is 5.56 Å². The highest BCUT2D eigenvalue weighted by Gasteiger charge is 2.21. The van der Waals surface area contributed by atoms with Crippen molar-refractivity contribution in [1.82, 2.24) is 0 Å². The molecule has 1 aromatic carbocycles. The number of ketones is 1. The van der Waals surface area contributed by atoms with Gasteiger partial charge >= 0.3 is 0 Å². The van der Waals surface area contributed by atoms with Gasteiger partial charge in [0.25, 0.3) is 0 Å². The Kier molecular flexibility index (Phi) is 3.02. The van der Waals surface area contributed by atoms with Crippen molar-refractivity contribution in [3.05, 3.63) is 23.3 Å². The maximum Gasteiger partial charge on any atom is 0.231 e. The van der Waals surface area contributed by atoms with E-state index in [1.807, 2.05) is 13.0 Å². The molecule has 1 aliphatic heterocycles. The van der Waals surface area contributed by atoms with Gasteiger partial charge in [0.1, 0.15) is 3.74 Å². The molecule has 0 unspecified atom stereocenters. The molecule has 0 fully saturated rings. The van der Waals surface area contributed by atoms with Crippen molar-refractivity contribution in [2.75, 3.05) is 6.79 Å². The van der Waals surface area contributed by atoms with E-state index < -0.39 is 0 Å². The summed E-state index contributed by atoms with van der Waals surface area (Å²) in [6.45, 7) is 2.09. The van der Waals surface area contributed by atoms with Crippen molar-refractivity contribution in [2.45, 2.75) is 10.7 Å². The summed E-state index contributed by atoms with van der Waals surface area (Å²) in [6.07, 6.45) is 0. The number of carbonyl (C=O) groups excluding carboxylic acids is 1. The summed E-state index contributed by atoms with van der Waals surface area (Å²) in [5.41, 5.74) is 1.52. The predicted molar refractivity (Wildman–Crippen MR) is 63.3 cm³/mol. The molecule has 0 aromatic heterocycles. The average Bonchev–Trinajstić information content (AvgIpc) is 2.62. The fourth-order valence-electron chi connectivity index (χ4n) is 1.43. The van der Waals surface area contributed by atoms with Gasteiger partial charge in [-0.2, -0.15) is 0 Å². The fraction of sp³-hybridized carbons (Fsp3) is 0.300. The molecule has 0 atom stereocenters. The van der Waals surface area contributed by atoms with Crippen LogP contribution in [0.25, 0.3) is 0 Å². The number of rotatable bonds is 2. The molecular formula is C10H8Br2O3. The van der Waals surface area contributed by atoms with Crippen LogP contribution in [-0.2, 0) is 0 Å². The Morgan fingerprint density at radius 1 is 1.33 bits per heavy atom. The van der Waals surface area contributed by atoms with E-state index in [4.69, 9.17) is 9.47 Å². The number of hydrogen-bond donors (Lipinski definition) is 0. The van der Waals surface area contributed by atoms with Crippen LogP contribution in [0.5, 0.6) is 11.5 Å². The van der Waals surface area contributed by atoms with Crippen molar-refractivity contribution in [1.29, 1.82) is 0 Å². The first-order valence-electron chi connectivity index (χ1n) is 4.32. The van der Waals surface area contributed by atoms with Gasteiger partial charge in [-0.05, 0) is 24.6 Å². The molecule has 0 radical (unpaired) electrons. The van der Waals surface area contributed by atoms with Gasteiger partial charge in [-0.1, -0.05) is 31.9 Å². The van der Waals surface area contributed by atoms with Crippen molar-refractivity contribution in [3.8, 4) is 11.5 Å². The van der Waals surface area contributed by atoms with Crippen LogP contribution in [0.1, 0.15) is 15.9 Å². The quantitative estimate of drug-likeness (QED) is 0.615. The predicted octanol–water partition coefficient (Wildman–Crippen LogP) is 3.02. The highest BCUT2D eigenvalue weighted by molar-refractivity contribution is 9.25. The van der Waals surface area contributed by atoms with Gasteiger partial charge in [0.15, 0.2) is 17.3 Å². The van der Waals surface area contributed by atoms with Gasteiger partial charge in [0.2, 0.25) is 6.79 Å². The Morgan fingerprint density at radius 2 is 1.93 bits per heavy atom. The van der Waals surface area contributed by atoms with Gasteiger partial charge in [-0.15, -0.1) is 0 Å². The van der Waals surface area contributed by atoms with Gasteiger partial charge in [-0.3, -0.25) is 4.79 Å². The molecule has 5 heteroatoms. The normalized spacial score (nSPS) is 13.3. The fourth-order valence-corrected chi connectivity index (χ4v) is 1.92. The number of halogens is 2. The Balaban J connectivity index is 2.45. The number of benzene rings is 1. The summed E-state index contributed by atoms with van der Waals surface area (Å²) in [6, 6.07) is 3.54. The van der Waals surface area contributed by atoms with Gasteiger partial charge in [0, 0.05) is 5.56 Å². The number of hydrogen-bond acceptors (Lipinski definition) is 3.